The number of nitro groups is 1. The number of fused-ring (bicyclic) bond motifs is 5. The van der Waals surface area contributed by atoms with E-state index in [9.17, 15) is 63.5 Å². The molecule has 1 aliphatic heterocycles. The Kier molecular flexibility index (Phi) is 23.7. The standard InChI is InChI=1S/C71H84ClN7O19/c1-38-50(36-71(92)61(98-66(90)43-23-15-10-16-24-43)59-69(6)37-95-52(69)35-51(81)70(59,7)60(85)39(2)56(38)68(71,4)5)96-67(91)58(57(41-19-11-8-12-20-41)78-64(88)42-21-13-9-14-22-42)97-55(84)31-30-53(82)75-32-18-17-25-47(63(74)87)77-54(83)29-26-44(62(73)86)33-49(80)40(3)76-65(89)46-28-27-45(72)34-48(46)79(93)94/h8-16,19-24,27-28,34,39-40,44,47,50-52,57-59,61,81,92H,17-18,25-26,29-33,35-37H2,1-7H3,(H2,73,86)(H2,74,87)(H,75,82)(H,76,89)(H,77,83)(H,78,88)/t39-,40?,44-,47?,50+,51+,52-,57+,58-,59-,61+,69-,70-,71-/m1/s1. The van der Waals surface area contributed by atoms with Crippen molar-refractivity contribution in [1.82, 2.24) is 21.3 Å². The van der Waals surface area contributed by atoms with Crippen LogP contribution in [0.4, 0.5) is 5.69 Å². The predicted molar refractivity (Wildman–Crippen MR) is 353 cm³/mol. The number of esters is 3. The smallest absolute Gasteiger partial charge is 0.350 e. The highest BCUT2D eigenvalue weighted by atomic mass is 35.5. The summed E-state index contributed by atoms with van der Waals surface area (Å²) in [5.74, 6) is -12.2. The molecule has 3 fully saturated rings. The van der Waals surface area contributed by atoms with Gasteiger partial charge in [-0.3, -0.25) is 53.3 Å². The van der Waals surface area contributed by atoms with Gasteiger partial charge >= 0.3 is 17.9 Å². The summed E-state index contributed by atoms with van der Waals surface area (Å²) in [6.45, 7) is 11.8. The summed E-state index contributed by atoms with van der Waals surface area (Å²) < 4.78 is 25.1. The van der Waals surface area contributed by atoms with Gasteiger partial charge in [-0.05, 0) is 99.6 Å². The number of benzene rings is 4. The molecular formula is C71H84ClN7O19. The number of unbranched alkanes of at least 4 members (excludes halogenated alkanes) is 1. The van der Waals surface area contributed by atoms with Gasteiger partial charge < -0.3 is 61.9 Å². The van der Waals surface area contributed by atoms with E-state index >= 15 is 9.59 Å². The van der Waals surface area contributed by atoms with E-state index in [0.29, 0.717) is 16.7 Å². The number of aliphatic hydroxyl groups excluding tert-OH is 1. The van der Waals surface area contributed by atoms with Crippen molar-refractivity contribution in [2.24, 2.45) is 45.5 Å². The number of nitro benzene ring substituents is 1. The second kappa shape index (κ2) is 31.1. The fourth-order valence-corrected chi connectivity index (χ4v) is 14.7. The normalized spacial score (nSPS) is 25.2. The lowest BCUT2D eigenvalue weighted by Crippen LogP contribution is -2.77. The minimum Gasteiger partial charge on any atom is -0.455 e. The third-order valence-electron chi connectivity index (χ3n) is 20.2. The minimum absolute atomic E-state index is 0.00779. The number of hydrogen-bond acceptors (Lipinski definition) is 19. The summed E-state index contributed by atoms with van der Waals surface area (Å²) in [6.07, 6.45) is -8.83. The van der Waals surface area contributed by atoms with Crippen LogP contribution < -0.4 is 32.7 Å². The summed E-state index contributed by atoms with van der Waals surface area (Å²) in [4.78, 5) is 162. The quantitative estimate of drug-likeness (QED) is 0.00777. The molecular weight excluding hydrogens is 1290 g/mol. The minimum atomic E-state index is -2.17. The van der Waals surface area contributed by atoms with Crippen LogP contribution in [0.3, 0.4) is 0 Å². The number of carbonyl (C=O) groups is 11. The molecule has 26 nitrogen and oxygen atoms in total. The van der Waals surface area contributed by atoms with E-state index in [1.807, 2.05) is 6.92 Å². The highest BCUT2D eigenvalue weighted by molar-refractivity contribution is 6.31. The molecule has 0 radical (unpaired) electrons. The molecule has 98 heavy (non-hydrogen) atoms. The second-order valence-electron chi connectivity index (χ2n) is 26.8. The van der Waals surface area contributed by atoms with Crippen LogP contribution in [-0.2, 0) is 57.3 Å². The van der Waals surface area contributed by atoms with Gasteiger partial charge in [-0.25, -0.2) is 9.59 Å². The molecule has 0 aromatic heterocycles. The van der Waals surface area contributed by atoms with Crippen molar-refractivity contribution in [3.8, 4) is 0 Å². The zero-order valence-corrected chi connectivity index (χ0v) is 56.3. The van der Waals surface area contributed by atoms with Crippen molar-refractivity contribution in [3.05, 3.63) is 158 Å². The average molecular weight is 1370 g/mol. The molecule has 6 amide bonds. The van der Waals surface area contributed by atoms with E-state index < -0.39 is 189 Å². The van der Waals surface area contributed by atoms with Crippen LogP contribution in [0.1, 0.15) is 155 Å². The molecule has 2 unspecified atom stereocenters. The first-order valence-electron chi connectivity index (χ1n) is 32.5. The first-order chi connectivity index (χ1) is 46.2. The van der Waals surface area contributed by atoms with Crippen LogP contribution in [0.15, 0.2) is 120 Å². The summed E-state index contributed by atoms with van der Waals surface area (Å²) in [5, 5.41) is 47.9. The molecule has 14 atom stereocenters. The number of ether oxygens (including phenoxy) is 4. The third kappa shape index (κ3) is 16.0. The number of nitrogens with two attached hydrogens (primary N) is 2. The Labute approximate surface area is 571 Å². The van der Waals surface area contributed by atoms with Gasteiger partial charge in [0.25, 0.3) is 17.5 Å². The van der Waals surface area contributed by atoms with Crippen molar-refractivity contribution in [3.63, 3.8) is 0 Å². The number of carbonyl (C=O) groups excluding carboxylic acids is 11. The molecule has 27 heteroatoms. The van der Waals surface area contributed by atoms with E-state index in [4.69, 9.17) is 42.0 Å². The van der Waals surface area contributed by atoms with Crippen molar-refractivity contribution in [2.75, 3.05) is 13.2 Å². The zero-order chi connectivity index (χ0) is 71.8. The molecule has 0 spiro atoms. The number of primary amides is 2. The van der Waals surface area contributed by atoms with E-state index in [-0.39, 0.29) is 73.4 Å². The van der Waals surface area contributed by atoms with Gasteiger partial charge in [-0.15, -0.1) is 0 Å². The van der Waals surface area contributed by atoms with Crippen LogP contribution in [0.2, 0.25) is 5.02 Å². The molecule has 2 saturated carbocycles. The molecule has 4 aromatic rings. The van der Waals surface area contributed by atoms with E-state index in [1.54, 1.807) is 113 Å². The molecule has 4 aliphatic rings. The van der Waals surface area contributed by atoms with Crippen LogP contribution in [-0.4, -0.2) is 141 Å². The summed E-state index contributed by atoms with van der Waals surface area (Å²) >= 11 is 5.85. The Balaban J connectivity index is 0.937. The summed E-state index contributed by atoms with van der Waals surface area (Å²) in [7, 11) is 0. The SMILES string of the molecule is CC1=C2[C@@H](C)C(=O)[C@@]3(C)[C@H]([C@H](OC(=O)c4ccccc4)[C@](O)(C[C@@H]1OC(=O)[C@H](OC(=O)CCC(=O)NCCCCC(NC(=O)CC[C@H](CC(=O)C(C)NC(=O)c1ccc(Cl)cc1[N+](=O)[O-])C(N)=O)C(N)=O)[C@@H](NC(=O)c1ccccc1)c1ccccc1)C2(C)C)[C@]1(C)CO[C@@H]1C[C@@H]3O. The number of nitrogens with zero attached hydrogens (tertiary/aromatic N) is 1. The van der Waals surface area contributed by atoms with Gasteiger partial charge in [-0.2, -0.15) is 0 Å². The van der Waals surface area contributed by atoms with Crippen LogP contribution in [0.5, 0.6) is 0 Å². The molecule has 2 bridgehead atoms. The Morgan fingerprint density at radius 2 is 1.42 bits per heavy atom. The second-order valence-corrected chi connectivity index (χ2v) is 27.2. The van der Waals surface area contributed by atoms with Gasteiger partial charge in [0, 0.05) is 83.9 Å². The van der Waals surface area contributed by atoms with Crippen LogP contribution in [0.25, 0.3) is 0 Å². The first kappa shape index (κ1) is 74.5. The fourth-order valence-electron chi connectivity index (χ4n) is 14.6. The monoisotopic (exact) mass is 1370 g/mol. The molecule has 524 valence electrons. The zero-order valence-electron chi connectivity index (χ0n) is 55.5. The van der Waals surface area contributed by atoms with E-state index in [0.717, 1.165) is 12.1 Å². The molecule has 4 aromatic carbocycles. The molecule has 1 heterocycles. The number of Topliss-reactive ketones (excluding diaryl/α,β-unsaturated/α-hetero) is 2. The number of ketones is 2. The van der Waals surface area contributed by atoms with Crippen molar-refractivity contribution in [2.45, 2.75) is 167 Å². The lowest BCUT2D eigenvalue weighted by atomic mass is 9.41. The topological polar surface area (TPSA) is 408 Å². The fraction of sp³-hybridized carbons (Fsp3) is 0.479. The van der Waals surface area contributed by atoms with E-state index in [1.165, 1.54) is 25.1 Å². The Bertz CT molecular complexity index is 3760. The number of rotatable bonds is 29. The maximum absolute atomic E-state index is 15.5. The molecule has 10 N–H and O–H groups in total. The number of hydrogen-bond donors (Lipinski definition) is 8. The Morgan fingerprint density at radius 1 is 0.786 bits per heavy atom. The molecule has 1 saturated heterocycles. The third-order valence-corrected chi connectivity index (χ3v) is 20.4. The Morgan fingerprint density at radius 3 is 2.02 bits per heavy atom. The average Bonchev–Trinajstić information content (AvgIpc) is 0.674. The maximum atomic E-state index is 15.5. The van der Waals surface area contributed by atoms with Gasteiger partial charge in [-0.1, -0.05) is 106 Å². The van der Waals surface area contributed by atoms with Crippen LogP contribution in [0, 0.1) is 44.1 Å². The van der Waals surface area contributed by atoms with Crippen LogP contribution >= 0.6 is 11.6 Å². The number of aliphatic hydroxyl groups is 2. The largest absolute Gasteiger partial charge is 0.455 e. The first-order valence-corrected chi connectivity index (χ1v) is 32.9. The van der Waals surface area contributed by atoms with Crippen molar-refractivity contribution < 1.29 is 86.8 Å². The maximum Gasteiger partial charge on any atom is 0.350 e. The van der Waals surface area contributed by atoms with E-state index in [2.05, 4.69) is 21.3 Å². The van der Waals surface area contributed by atoms with Crippen molar-refractivity contribution in [1.29, 1.82) is 0 Å². The number of halogens is 1. The predicted octanol–water partition coefficient (Wildman–Crippen LogP) is 5.95. The molecule has 8 rings (SSSR count). The van der Waals surface area contributed by atoms with Gasteiger partial charge in [0.05, 0.1) is 47.2 Å². The number of amides is 6. The summed E-state index contributed by atoms with van der Waals surface area (Å²) in [6, 6.07) is 23.7. The van der Waals surface area contributed by atoms with Gasteiger partial charge in [0.2, 0.25) is 29.7 Å². The van der Waals surface area contributed by atoms with Crippen molar-refractivity contribution >= 4 is 82.2 Å². The highest BCUT2D eigenvalue weighted by Crippen LogP contribution is 2.66. The number of nitrogens with one attached hydrogen (secondary N) is 4. The summed E-state index contributed by atoms with van der Waals surface area (Å²) in [5.41, 5.74) is 5.46. The van der Waals surface area contributed by atoms with Gasteiger partial charge in [0.15, 0.2) is 5.78 Å². The lowest BCUT2D eigenvalue weighted by Gasteiger charge is -2.68. The lowest BCUT2D eigenvalue weighted by molar-refractivity contribution is -0.385. The van der Waals surface area contributed by atoms with Gasteiger partial charge in [0.1, 0.15) is 41.2 Å². The highest BCUT2D eigenvalue weighted by Gasteiger charge is 2.75. The molecule has 3 aliphatic carbocycles. The Hall–Kier alpha value is -9.24.